The lowest BCUT2D eigenvalue weighted by molar-refractivity contribution is -0.144. The van der Waals surface area contributed by atoms with E-state index in [4.69, 9.17) is 10.5 Å². The van der Waals surface area contributed by atoms with Gasteiger partial charge in [-0.15, -0.1) is 0 Å². The number of carbonyl (C=O) groups excluding carboxylic acids is 5. The summed E-state index contributed by atoms with van der Waals surface area (Å²) in [6.07, 6.45) is 1.18. The summed E-state index contributed by atoms with van der Waals surface area (Å²) < 4.78 is 9.33. The second-order valence-corrected chi connectivity index (χ2v) is 8.90. The van der Waals surface area contributed by atoms with Crippen LogP contribution in [0.4, 0.5) is 0 Å². The van der Waals surface area contributed by atoms with Gasteiger partial charge >= 0.3 is 11.9 Å². The molecule has 2 atom stereocenters. The van der Waals surface area contributed by atoms with Crippen molar-refractivity contribution in [2.45, 2.75) is 64.5 Å². The average molecular weight is 545 g/mol. The molecule has 0 unspecified atom stereocenters. The summed E-state index contributed by atoms with van der Waals surface area (Å²) in [6.45, 7) is 3.83. The van der Waals surface area contributed by atoms with Crippen LogP contribution >= 0.6 is 21.6 Å². The third kappa shape index (κ3) is 16.2. The number of carbonyl (C=O) groups is 5. The molecule has 0 aromatic carbocycles. The van der Waals surface area contributed by atoms with Crippen LogP contribution in [-0.2, 0) is 33.4 Å². The second-order valence-electron chi connectivity index (χ2n) is 6.40. The van der Waals surface area contributed by atoms with E-state index < -0.39 is 29.9 Å². The van der Waals surface area contributed by atoms with Crippen molar-refractivity contribution in [2.75, 3.05) is 25.2 Å². The van der Waals surface area contributed by atoms with Crippen molar-refractivity contribution in [1.82, 2.24) is 5.32 Å². The van der Waals surface area contributed by atoms with Crippen LogP contribution in [0.5, 0.6) is 0 Å². The first-order valence-electron chi connectivity index (χ1n) is 9.82. The number of ketones is 2. The molecule has 0 aliphatic rings. The molecule has 0 fully saturated rings. The van der Waals surface area contributed by atoms with Crippen molar-refractivity contribution in [3.8, 4) is 0 Å². The van der Waals surface area contributed by atoms with Gasteiger partial charge in [-0.05, 0) is 19.8 Å². The van der Waals surface area contributed by atoms with Gasteiger partial charge in [-0.25, -0.2) is 0 Å². The first kappa shape index (κ1) is 32.1. The van der Waals surface area contributed by atoms with Crippen LogP contribution in [0.1, 0.15) is 52.4 Å². The number of ether oxygens (including phenoxy) is 2. The van der Waals surface area contributed by atoms with Gasteiger partial charge in [-0.3, -0.25) is 24.0 Å². The van der Waals surface area contributed by atoms with Gasteiger partial charge in [0.15, 0.2) is 5.78 Å². The molecule has 0 radical (unpaired) electrons. The van der Waals surface area contributed by atoms with Gasteiger partial charge in [0.2, 0.25) is 5.91 Å². The topological polar surface area (TPSA) is 142 Å². The summed E-state index contributed by atoms with van der Waals surface area (Å²) in [5.41, 5.74) is 5.62. The Labute approximate surface area is 201 Å². The van der Waals surface area contributed by atoms with Crippen molar-refractivity contribution < 1.29 is 50.4 Å². The maximum atomic E-state index is 12.5. The predicted octanol–water partition coefficient (Wildman–Crippen LogP) is -1.58. The molecule has 0 aliphatic carbocycles. The number of Topliss-reactive ketones (excluding diaryl/α,β-unsaturated/α-hetero) is 2. The Bertz CT molecular complexity index is 594. The highest BCUT2D eigenvalue weighted by molar-refractivity contribution is 8.76. The van der Waals surface area contributed by atoms with E-state index in [1.54, 1.807) is 6.92 Å². The van der Waals surface area contributed by atoms with Crippen molar-refractivity contribution >= 4 is 51.0 Å². The molecular weight excluding hydrogens is 512 g/mol. The molecule has 0 saturated heterocycles. The molecule has 31 heavy (non-hydrogen) atoms. The number of nitrogens with one attached hydrogen (secondary N) is 1. The minimum atomic E-state index is -0.923. The Morgan fingerprint density at radius 2 is 1.68 bits per heavy atom. The van der Waals surface area contributed by atoms with E-state index in [1.165, 1.54) is 28.7 Å². The number of esters is 2. The Morgan fingerprint density at radius 1 is 1.00 bits per heavy atom. The van der Waals surface area contributed by atoms with Gasteiger partial charge in [-0.2, -0.15) is 0 Å². The van der Waals surface area contributed by atoms with Gasteiger partial charge in [0.05, 0.1) is 31.9 Å². The fourth-order valence-electron chi connectivity index (χ4n) is 2.24. The lowest BCUT2D eigenvalue weighted by Crippen LogP contribution is -3.00. The molecule has 0 aromatic rings. The Morgan fingerprint density at radius 3 is 2.26 bits per heavy atom. The van der Waals surface area contributed by atoms with Gasteiger partial charge < -0.3 is 37.5 Å². The minimum absolute atomic E-state index is 0. The van der Waals surface area contributed by atoms with Crippen molar-refractivity contribution in [1.29, 1.82) is 0 Å². The fourth-order valence-corrected chi connectivity index (χ4v) is 4.45. The van der Waals surface area contributed by atoms with Crippen molar-refractivity contribution in [2.24, 2.45) is 5.73 Å². The summed E-state index contributed by atoms with van der Waals surface area (Å²) in [4.78, 5) is 59.1. The van der Waals surface area contributed by atoms with Crippen LogP contribution in [0.15, 0.2) is 0 Å². The summed E-state index contributed by atoms with van der Waals surface area (Å²) in [6, 6.07) is -1.74. The van der Waals surface area contributed by atoms with E-state index in [2.05, 4.69) is 10.1 Å². The molecule has 0 rings (SSSR count). The highest BCUT2D eigenvalue weighted by Crippen LogP contribution is 2.23. The van der Waals surface area contributed by atoms with E-state index in [0.29, 0.717) is 12.2 Å². The molecule has 0 aromatic heterocycles. The SMILES string of the molecule is CCCC(=O)CSSC[C@H](NC(=O)CC[C@H](N)C(=O)OC)C(=O)CCC(=O)OCC.[Br-]. The molecule has 0 saturated carbocycles. The Balaban J connectivity index is 0. The molecule has 0 spiro atoms. The number of hydrogen-bond donors (Lipinski definition) is 2. The van der Waals surface area contributed by atoms with Crippen molar-refractivity contribution in [3.63, 3.8) is 0 Å². The molecule has 1 amide bonds. The first-order chi connectivity index (χ1) is 14.2. The third-order valence-electron chi connectivity index (χ3n) is 3.86. The summed E-state index contributed by atoms with van der Waals surface area (Å²) in [5, 5.41) is 2.63. The predicted molar refractivity (Wildman–Crippen MR) is 117 cm³/mol. The van der Waals surface area contributed by atoms with Crippen LogP contribution < -0.4 is 28.0 Å². The van der Waals surface area contributed by atoms with Crippen LogP contribution in [0, 0.1) is 0 Å². The number of methoxy groups -OCH3 is 1. The molecule has 0 heterocycles. The van der Waals surface area contributed by atoms with Crippen LogP contribution in [0.3, 0.4) is 0 Å². The van der Waals surface area contributed by atoms with Gasteiger partial charge in [0.1, 0.15) is 11.8 Å². The molecule has 180 valence electrons. The minimum Gasteiger partial charge on any atom is -1.00 e. The standard InChI is InChI=1S/C19H32N2O7S2.BrH/c1-4-6-13(22)11-29-30-12-15(16(23)8-10-18(25)28-5-2)21-17(24)9-7-14(20)19(26)27-3;/h14-15H,4-12,20H2,1-3H3,(H,21,24);1H/p-1/t14-,15-;/m0./s1. The lowest BCUT2D eigenvalue weighted by atomic mass is 10.1. The zero-order valence-corrected chi connectivity index (χ0v) is 21.4. The molecule has 12 heteroatoms. The van der Waals surface area contributed by atoms with E-state index in [0.717, 1.165) is 6.42 Å². The molecule has 9 nitrogen and oxygen atoms in total. The van der Waals surface area contributed by atoms with Gasteiger partial charge in [-0.1, -0.05) is 28.5 Å². The zero-order valence-electron chi connectivity index (χ0n) is 18.1. The Kier molecular flexibility index (Phi) is 20.2. The smallest absolute Gasteiger partial charge is 0.322 e. The fraction of sp³-hybridized carbons (Fsp3) is 0.737. The molecular formula is C19H32BrN2O7S2-. The number of nitrogens with two attached hydrogens (primary N) is 1. The average Bonchev–Trinajstić information content (AvgIpc) is 2.72. The summed E-state index contributed by atoms with van der Waals surface area (Å²) in [7, 11) is 3.84. The Hall–Kier alpha value is -1.11. The highest BCUT2D eigenvalue weighted by Gasteiger charge is 2.23. The monoisotopic (exact) mass is 543 g/mol. The number of rotatable bonds is 17. The lowest BCUT2D eigenvalue weighted by Gasteiger charge is -2.18. The summed E-state index contributed by atoms with van der Waals surface area (Å²) in [5.74, 6) is -1.13. The third-order valence-corrected chi connectivity index (χ3v) is 6.20. The number of halogens is 1. The molecule has 3 N–H and O–H groups in total. The van der Waals surface area contributed by atoms with Gasteiger partial charge in [0, 0.05) is 25.0 Å². The van der Waals surface area contributed by atoms with Crippen LogP contribution in [0.2, 0.25) is 0 Å². The van der Waals surface area contributed by atoms with Gasteiger partial charge in [0.25, 0.3) is 0 Å². The van der Waals surface area contributed by atoms with Crippen LogP contribution in [-0.4, -0.2) is 66.7 Å². The van der Waals surface area contributed by atoms with Crippen LogP contribution in [0.25, 0.3) is 0 Å². The molecule has 0 aliphatic heterocycles. The van der Waals surface area contributed by atoms with E-state index >= 15 is 0 Å². The second kappa shape index (κ2) is 19.6. The highest BCUT2D eigenvalue weighted by atomic mass is 79.9. The summed E-state index contributed by atoms with van der Waals surface area (Å²) >= 11 is 0. The maximum Gasteiger partial charge on any atom is 0.322 e. The van der Waals surface area contributed by atoms with E-state index in [-0.39, 0.29) is 66.6 Å². The number of amides is 1. The normalized spacial score (nSPS) is 12.1. The zero-order chi connectivity index (χ0) is 22.9. The van der Waals surface area contributed by atoms with E-state index in [9.17, 15) is 24.0 Å². The van der Waals surface area contributed by atoms with Crippen molar-refractivity contribution in [3.05, 3.63) is 0 Å². The van der Waals surface area contributed by atoms with E-state index in [1.807, 2.05) is 6.92 Å². The molecule has 0 bridgehead atoms. The number of hydrogen-bond acceptors (Lipinski definition) is 10. The first-order valence-corrected chi connectivity index (χ1v) is 12.3. The maximum absolute atomic E-state index is 12.5. The largest absolute Gasteiger partial charge is 1.00 e. The quantitative estimate of drug-likeness (QED) is 0.125.